The third-order valence-electron chi connectivity index (χ3n) is 6.49. The Balaban J connectivity index is 1.74. The van der Waals surface area contributed by atoms with Crippen LogP contribution in [0.5, 0.6) is 0 Å². The average molecular weight is 469 g/mol. The van der Waals surface area contributed by atoms with E-state index in [-0.39, 0.29) is 49.4 Å². The van der Waals surface area contributed by atoms with E-state index >= 15 is 0 Å². The molecule has 1 saturated heterocycles. The first kappa shape index (κ1) is 23.7. The number of amidine groups is 1. The Morgan fingerprint density at radius 2 is 1.91 bits per heavy atom. The molecule has 0 radical (unpaired) electrons. The van der Waals surface area contributed by atoms with Crippen molar-refractivity contribution in [3.8, 4) is 0 Å². The molecule has 4 rings (SSSR count). The lowest BCUT2D eigenvalue weighted by atomic mass is 10.0. The molecule has 1 fully saturated rings. The zero-order valence-electron chi connectivity index (χ0n) is 18.5. The van der Waals surface area contributed by atoms with Crippen molar-refractivity contribution in [3.63, 3.8) is 0 Å². The SMILES string of the molecule is C=NC(=N)c1ccc2c(c1)[N+]([O-])(Cc1ccc(C(N)=O)cc1)C(C(=O)N1CCCC(F)(F)C1)C2. The highest BCUT2D eigenvalue weighted by molar-refractivity contribution is 6.00. The molecule has 178 valence electrons. The summed E-state index contributed by atoms with van der Waals surface area (Å²) >= 11 is 0. The van der Waals surface area contributed by atoms with Gasteiger partial charge in [0, 0.05) is 47.7 Å². The Kier molecular flexibility index (Phi) is 6.05. The summed E-state index contributed by atoms with van der Waals surface area (Å²) in [4.78, 5) is 29.5. The van der Waals surface area contributed by atoms with Gasteiger partial charge in [-0.25, -0.2) is 13.8 Å². The summed E-state index contributed by atoms with van der Waals surface area (Å²) in [5, 5.41) is 22.4. The number of alkyl halides is 2. The number of nitrogens with zero attached hydrogens (tertiary/aromatic N) is 3. The molecule has 34 heavy (non-hydrogen) atoms. The van der Waals surface area contributed by atoms with Gasteiger partial charge in [0.15, 0.2) is 11.9 Å². The number of amides is 2. The summed E-state index contributed by atoms with van der Waals surface area (Å²) in [5.41, 5.74) is 7.39. The van der Waals surface area contributed by atoms with Crippen LogP contribution in [0.15, 0.2) is 47.5 Å². The number of benzene rings is 2. The fourth-order valence-electron chi connectivity index (χ4n) is 4.72. The van der Waals surface area contributed by atoms with Gasteiger partial charge in [0.2, 0.25) is 5.91 Å². The fraction of sp³-hybridized carbons (Fsp3) is 0.333. The third kappa shape index (κ3) is 4.34. The molecule has 10 heteroatoms. The van der Waals surface area contributed by atoms with Crippen LogP contribution in [0.1, 0.15) is 39.9 Å². The van der Waals surface area contributed by atoms with Gasteiger partial charge in [-0.05, 0) is 25.3 Å². The second-order valence-electron chi connectivity index (χ2n) is 8.80. The van der Waals surface area contributed by atoms with Gasteiger partial charge in [-0.1, -0.05) is 24.3 Å². The molecule has 2 heterocycles. The Labute approximate surface area is 195 Å². The second-order valence-corrected chi connectivity index (χ2v) is 8.80. The first-order chi connectivity index (χ1) is 16.0. The number of halogens is 2. The molecule has 2 atom stereocenters. The molecule has 2 unspecified atom stereocenters. The van der Waals surface area contributed by atoms with Crippen LogP contribution in [-0.2, 0) is 17.8 Å². The molecule has 0 spiro atoms. The van der Waals surface area contributed by atoms with E-state index in [1.165, 1.54) is 18.2 Å². The van der Waals surface area contributed by atoms with Crippen LogP contribution in [0.3, 0.4) is 0 Å². The lowest BCUT2D eigenvalue weighted by molar-refractivity contribution is -0.145. The van der Waals surface area contributed by atoms with Gasteiger partial charge in [-0.15, -0.1) is 0 Å². The highest BCUT2D eigenvalue weighted by atomic mass is 19.3. The number of carbonyl (C=O) groups excluding carboxylic acids is 2. The minimum absolute atomic E-state index is 0.0915. The molecule has 3 N–H and O–H groups in total. The minimum atomic E-state index is -2.99. The van der Waals surface area contributed by atoms with Crippen molar-refractivity contribution in [2.24, 2.45) is 10.7 Å². The fourth-order valence-corrected chi connectivity index (χ4v) is 4.72. The number of quaternary nitrogens is 1. The number of hydrogen-bond acceptors (Lipinski definition) is 4. The molecular weight excluding hydrogens is 444 g/mol. The van der Waals surface area contributed by atoms with Crippen LogP contribution in [0.4, 0.5) is 14.5 Å². The smallest absolute Gasteiger partial charge is 0.282 e. The Hall–Kier alpha value is -3.50. The van der Waals surface area contributed by atoms with E-state index in [0.29, 0.717) is 16.7 Å². The Morgan fingerprint density at radius 3 is 2.53 bits per heavy atom. The molecule has 0 aliphatic carbocycles. The largest absolute Gasteiger partial charge is 0.627 e. The molecule has 2 amide bonds. The number of fused-ring (bicyclic) bond motifs is 1. The van der Waals surface area contributed by atoms with E-state index < -0.39 is 35.0 Å². The molecule has 2 aliphatic rings. The Morgan fingerprint density at radius 1 is 1.24 bits per heavy atom. The molecule has 0 bridgehead atoms. The van der Waals surface area contributed by atoms with Crippen LogP contribution in [-0.4, -0.2) is 54.3 Å². The summed E-state index contributed by atoms with van der Waals surface area (Å²) in [6, 6.07) is 9.84. The summed E-state index contributed by atoms with van der Waals surface area (Å²) in [6.07, 6.45) is -0.0301. The van der Waals surface area contributed by atoms with Crippen LogP contribution < -0.4 is 10.4 Å². The van der Waals surface area contributed by atoms with Crippen molar-refractivity contribution in [1.29, 1.82) is 5.41 Å². The molecule has 2 aromatic carbocycles. The number of carbonyl (C=O) groups is 2. The third-order valence-corrected chi connectivity index (χ3v) is 6.49. The molecule has 8 nitrogen and oxygen atoms in total. The molecule has 0 saturated carbocycles. The topological polar surface area (TPSA) is 123 Å². The number of piperidine rings is 1. The van der Waals surface area contributed by atoms with E-state index in [4.69, 9.17) is 11.1 Å². The number of aliphatic imine (C=N–C) groups is 1. The normalized spacial score (nSPS) is 23.3. The van der Waals surface area contributed by atoms with Gasteiger partial charge in [0.05, 0.1) is 6.54 Å². The average Bonchev–Trinajstić information content (AvgIpc) is 3.09. The van der Waals surface area contributed by atoms with E-state index in [0.717, 1.165) is 4.90 Å². The predicted octanol–water partition coefficient (Wildman–Crippen LogP) is 3.00. The van der Waals surface area contributed by atoms with Crippen molar-refractivity contribution in [3.05, 3.63) is 69.9 Å². The maximum Gasteiger partial charge on any atom is 0.282 e. The first-order valence-electron chi connectivity index (χ1n) is 10.9. The lowest BCUT2D eigenvalue weighted by Crippen LogP contribution is -2.59. The monoisotopic (exact) mass is 469 g/mol. The Bertz CT molecular complexity index is 1170. The van der Waals surface area contributed by atoms with Crippen LogP contribution >= 0.6 is 0 Å². The quantitative estimate of drug-likeness (QED) is 0.303. The second kappa shape index (κ2) is 8.69. The van der Waals surface area contributed by atoms with Gasteiger partial charge in [-0.2, -0.15) is 0 Å². The summed E-state index contributed by atoms with van der Waals surface area (Å²) in [6.45, 7) is 2.65. The van der Waals surface area contributed by atoms with Gasteiger partial charge in [0.25, 0.3) is 11.8 Å². The maximum atomic E-state index is 14.4. The predicted molar refractivity (Wildman–Crippen MR) is 125 cm³/mol. The van der Waals surface area contributed by atoms with Crippen molar-refractivity contribution in [2.45, 2.75) is 37.8 Å². The van der Waals surface area contributed by atoms with Gasteiger partial charge < -0.3 is 20.5 Å². The van der Waals surface area contributed by atoms with E-state index in [1.54, 1.807) is 24.3 Å². The van der Waals surface area contributed by atoms with E-state index in [2.05, 4.69) is 11.7 Å². The van der Waals surface area contributed by atoms with Gasteiger partial charge >= 0.3 is 0 Å². The maximum absolute atomic E-state index is 14.4. The first-order valence-corrected chi connectivity index (χ1v) is 10.9. The summed E-state index contributed by atoms with van der Waals surface area (Å²) in [5.74, 6) is -4.33. The highest BCUT2D eigenvalue weighted by Crippen LogP contribution is 2.42. The zero-order chi connectivity index (χ0) is 24.7. The van der Waals surface area contributed by atoms with Crippen LogP contribution in [0, 0.1) is 10.6 Å². The van der Waals surface area contributed by atoms with Crippen molar-refractivity contribution in [1.82, 2.24) is 9.55 Å². The number of likely N-dealkylation sites (tertiary alicyclic amines) is 1. The van der Waals surface area contributed by atoms with E-state index in [1.807, 2.05) is 0 Å². The number of nitrogens with two attached hydrogens (primary N) is 1. The molecule has 2 aliphatic heterocycles. The molecule has 2 aromatic rings. The van der Waals surface area contributed by atoms with Crippen LogP contribution in [0.2, 0.25) is 0 Å². The number of rotatable bonds is 5. The van der Waals surface area contributed by atoms with Crippen molar-refractivity contribution in [2.75, 3.05) is 13.1 Å². The number of nitrogens with one attached hydrogen (secondary N) is 1. The zero-order valence-corrected chi connectivity index (χ0v) is 18.5. The van der Waals surface area contributed by atoms with Crippen LogP contribution in [0.25, 0.3) is 0 Å². The summed E-state index contributed by atoms with van der Waals surface area (Å²) in [7, 11) is 0. The van der Waals surface area contributed by atoms with Gasteiger partial charge in [-0.3, -0.25) is 15.0 Å². The van der Waals surface area contributed by atoms with E-state index in [9.17, 15) is 23.6 Å². The van der Waals surface area contributed by atoms with Crippen molar-refractivity contribution >= 4 is 30.1 Å². The number of hydrogen-bond donors (Lipinski definition) is 2. The van der Waals surface area contributed by atoms with Crippen molar-refractivity contribution < 1.29 is 18.4 Å². The molecular formula is C24H25F2N5O3. The minimum Gasteiger partial charge on any atom is -0.627 e. The lowest BCUT2D eigenvalue weighted by Gasteiger charge is -2.45. The molecule has 0 aromatic heterocycles. The highest BCUT2D eigenvalue weighted by Gasteiger charge is 2.49. The summed E-state index contributed by atoms with van der Waals surface area (Å²) < 4.78 is 27.0. The number of hydroxylamine groups is 2. The van der Waals surface area contributed by atoms with Gasteiger partial charge in [0.1, 0.15) is 12.2 Å². The standard InChI is InChI=1S/C24H25F2N5O3/c1-29-21(27)18-8-7-17-11-20(23(33)30-10-2-9-24(25,26)14-30)31(34,19(17)12-18)13-15-3-5-16(6-4-15)22(28)32/h3-8,12,20,27H,1-2,9-11,13-14H2,(H2,28,32). The number of primary amides is 1.